The predicted octanol–water partition coefficient (Wildman–Crippen LogP) is 2.10. The molecule has 0 aliphatic rings. The molecule has 1 amide bonds. The number of carbonyl (C=O) groups is 2. The van der Waals surface area contributed by atoms with Crippen LogP contribution in [0.4, 0.5) is 0 Å². The molecule has 2 aromatic heterocycles. The van der Waals surface area contributed by atoms with Crippen LogP contribution in [0.2, 0.25) is 5.02 Å². The van der Waals surface area contributed by atoms with E-state index in [1.807, 2.05) is 0 Å². The number of nitrogens with one attached hydrogen (secondary N) is 1. The Morgan fingerprint density at radius 1 is 1.16 bits per heavy atom. The van der Waals surface area contributed by atoms with Gasteiger partial charge in [0.25, 0.3) is 11.5 Å². The normalized spacial score (nSPS) is 12.1. The van der Waals surface area contributed by atoms with Gasteiger partial charge in [0.15, 0.2) is 0 Å². The zero-order chi connectivity index (χ0) is 23.6. The van der Waals surface area contributed by atoms with Gasteiger partial charge in [0, 0.05) is 25.3 Å². The summed E-state index contributed by atoms with van der Waals surface area (Å²) in [6, 6.07) is 7.46. The quantitative estimate of drug-likeness (QED) is 0.566. The van der Waals surface area contributed by atoms with Gasteiger partial charge in [-0.05, 0) is 31.5 Å². The van der Waals surface area contributed by atoms with E-state index in [1.165, 1.54) is 30.9 Å². The highest BCUT2D eigenvalue weighted by Gasteiger charge is 2.23. The Hall–Kier alpha value is -3.46. The molecule has 1 atom stereocenters. The minimum atomic E-state index is -0.763. The van der Waals surface area contributed by atoms with Crippen LogP contribution in [-0.4, -0.2) is 32.1 Å². The van der Waals surface area contributed by atoms with Crippen molar-refractivity contribution in [2.75, 3.05) is 0 Å². The number of halogens is 1. The van der Waals surface area contributed by atoms with Gasteiger partial charge >= 0.3 is 11.7 Å². The summed E-state index contributed by atoms with van der Waals surface area (Å²) in [5.74, 6) is -1.05. The second kappa shape index (κ2) is 9.35. The number of nitrogens with zero attached hydrogens (tertiary/aromatic N) is 3. The van der Waals surface area contributed by atoms with Crippen LogP contribution in [0, 0.1) is 0 Å². The summed E-state index contributed by atoms with van der Waals surface area (Å²) in [6.45, 7) is 3.46. The highest BCUT2D eigenvalue weighted by atomic mass is 35.5. The van der Waals surface area contributed by atoms with Gasteiger partial charge in [0.2, 0.25) is 0 Å². The van der Waals surface area contributed by atoms with Crippen LogP contribution < -0.4 is 16.6 Å². The van der Waals surface area contributed by atoms with E-state index >= 15 is 0 Å². The average molecular weight is 459 g/mol. The Morgan fingerprint density at radius 3 is 2.50 bits per heavy atom. The Bertz CT molecular complexity index is 1310. The fraction of sp³-hybridized carbons (Fsp3) is 0.318. The van der Waals surface area contributed by atoms with Crippen LogP contribution in [0.5, 0.6) is 0 Å². The number of fused-ring (bicyclic) bond motifs is 1. The van der Waals surface area contributed by atoms with Crippen LogP contribution in [0.15, 0.2) is 46.1 Å². The van der Waals surface area contributed by atoms with Crippen LogP contribution >= 0.6 is 11.6 Å². The summed E-state index contributed by atoms with van der Waals surface area (Å²) in [5.41, 5.74) is -0.265. The first-order valence-electron chi connectivity index (χ1n) is 9.90. The van der Waals surface area contributed by atoms with Crippen molar-refractivity contribution >= 4 is 34.5 Å². The third kappa shape index (κ3) is 4.72. The smallest absolute Gasteiger partial charge is 0.332 e. The molecule has 2 heterocycles. The first kappa shape index (κ1) is 23.2. The lowest BCUT2D eigenvalue weighted by Gasteiger charge is -2.20. The van der Waals surface area contributed by atoms with E-state index in [-0.39, 0.29) is 29.1 Å². The lowest BCUT2D eigenvalue weighted by atomic mass is 10.0. The molecule has 0 saturated heterocycles. The average Bonchev–Trinajstić information content (AvgIpc) is 2.75. The van der Waals surface area contributed by atoms with Gasteiger partial charge in [-0.3, -0.25) is 23.5 Å². The first-order valence-corrected chi connectivity index (χ1v) is 10.3. The second-order valence-electron chi connectivity index (χ2n) is 7.59. The molecule has 3 rings (SSSR count). The number of aromatic nitrogens is 3. The van der Waals surface area contributed by atoms with Gasteiger partial charge in [-0.1, -0.05) is 29.8 Å². The monoisotopic (exact) mass is 458 g/mol. The molecule has 0 bridgehead atoms. The molecule has 32 heavy (non-hydrogen) atoms. The van der Waals surface area contributed by atoms with E-state index in [9.17, 15) is 19.2 Å². The Morgan fingerprint density at radius 2 is 1.84 bits per heavy atom. The molecule has 0 saturated carbocycles. The molecule has 1 aromatic carbocycles. The predicted molar refractivity (Wildman–Crippen MR) is 120 cm³/mol. The number of carbonyl (C=O) groups excluding carboxylic acids is 2. The zero-order valence-corrected chi connectivity index (χ0v) is 18.8. The van der Waals surface area contributed by atoms with Crippen LogP contribution in [0.3, 0.4) is 0 Å². The van der Waals surface area contributed by atoms with Crippen LogP contribution in [0.1, 0.15) is 42.2 Å². The summed E-state index contributed by atoms with van der Waals surface area (Å²) in [6.07, 6.45) is 0.829. The maximum atomic E-state index is 13.0. The van der Waals surface area contributed by atoms with Crippen molar-refractivity contribution in [3.63, 3.8) is 0 Å². The Balaban J connectivity index is 1.98. The Labute approximate surface area is 188 Å². The highest BCUT2D eigenvalue weighted by molar-refractivity contribution is 6.31. The van der Waals surface area contributed by atoms with E-state index in [1.54, 1.807) is 38.1 Å². The number of rotatable bonds is 6. The highest BCUT2D eigenvalue weighted by Crippen LogP contribution is 2.26. The molecule has 3 aromatic rings. The van der Waals surface area contributed by atoms with Crippen molar-refractivity contribution in [3.8, 4) is 0 Å². The summed E-state index contributed by atoms with van der Waals surface area (Å²) in [5, 5.41) is 3.28. The van der Waals surface area contributed by atoms with Gasteiger partial charge in [-0.15, -0.1) is 0 Å². The molecule has 10 heteroatoms. The summed E-state index contributed by atoms with van der Waals surface area (Å²) >= 11 is 6.29. The SMILES string of the molecule is CC(C)OC(=O)CC(NC(=O)c1cnc2c(c1)c(=O)n(C)c(=O)n2C)c1ccccc1Cl. The van der Waals surface area contributed by atoms with Gasteiger partial charge < -0.3 is 10.1 Å². The topological polar surface area (TPSA) is 112 Å². The number of hydrogen-bond donors (Lipinski definition) is 1. The molecular weight excluding hydrogens is 436 g/mol. The molecule has 0 aliphatic heterocycles. The number of pyridine rings is 1. The van der Waals surface area contributed by atoms with Crippen molar-refractivity contribution in [2.45, 2.75) is 32.4 Å². The van der Waals surface area contributed by atoms with Crippen molar-refractivity contribution in [1.82, 2.24) is 19.4 Å². The minimum absolute atomic E-state index is 0.0996. The number of aryl methyl sites for hydroxylation is 1. The minimum Gasteiger partial charge on any atom is -0.463 e. The lowest BCUT2D eigenvalue weighted by molar-refractivity contribution is -0.147. The van der Waals surface area contributed by atoms with Gasteiger partial charge in [-0.25, -0.2) is 9.78 Å². The number of benzene rings is 1. The molecule has 1 unspecified atom stereocenters. The summed E-state index contributed by atoms with van der Waals surface area (Å²) < 4.78 is 7.39. The molecule has 168 valence electrons. The van der Waals surface area contributed by atoms with Crippen LogP contribution in [0.25, 0.3) is 11.0 Å². The fourth-order valence-corrected chi connectivity index (χ4v) is 3.57. The molecule has 0 radical (unpaired) electrons. The molecule has 0 fully saturated rings. The fourth-order valence-electron chi connectivity index (χ4n) is 3.31. The maximum Gasteiger partial charge on any atom is 0.332 e. The standard InChI is InChI=1S/C22H23ClN4O5/c1-12(2)32-18(28)10-17(14-7-5-6-8-16(14)23)25-20(29)13-9-15-19(24-11-13)26(3)22(31)27(4)21(15)30/h5-9,11-12,17H,10H2,1-4H3,(H,25,29). The summed E-state index contributed by atoms with van der Waals surface area (Å²) in [7, 11) is 2.84. The molecule has 9 nitrogen and oxygen atoms in total. The number of hydrogen-bond acceptors (Lipinski definition) is 6. The number of ether oxygens (including phenoxy) is 1. The third-order valence-electron chi connectivity index (χ3n) is 4.88. The lowest BCUT2D eigenvalue weighted by Crippen LogP contribution is -2.37. The zero-order valence-electron chi connectivity index (χ0n) is 18.1. The van der Waals surface area contributed by atoms with Gasteiger partial charge in [0.05, 0.1) is 29.5 Å². The number of esters is 1. The Kier molecular flexibility index (Phi) is 6.78. The summed E-state index contributed by atoms with van der Waals surface area (Å²) in [4.78, 5) is 54.0. The largest absolute Gasteiger partial charge is 0.463 e. The van der Waals surface area contributed by atoms with Crippen molar-refractivity contribution in [2.24, 2.45) is 14.1 Å². The molecule has 1 N–H and O–H groups in total. The van der Waals surface area contributed by atoms with Crippen molar-refractivity contribution in [3.05, 3.63) is 73.5 Å². The van der Waals surface area contributed by atoms with Crippen LogP contribution in [-0.2, 0) is 23.6 Å². The first-order chi connectivity index (χ1) is 15.1. The van der Waals surface area contributed by atoms with Crippen molar-refractivity contribution in [1.29, 1.82) is 0 Å². The molecule has 0 aliphatic carbocycles. The third-order valence-corrected chi connectivity index (χ3v) is 5.22. The van der Waals surface area contributed by atoms with E-state index in [4.69, 9.17) is 16.3 Å². The maximum absolute atomic E-state index is 13.0. The van der Waals surface area contributed by atoms with Gasteiger partial charge in [0.1, 0.15) is 5.65 Å². The van der Waals surface area contributed by atoms with E-state index in [0.717, 1.165) is 4.57 Å². The second-order valence-corrected chi connectivity index (χ2v) is 8.00. The van der Waals surface area contributed by atoms with Crippen molar-refractivity contribution < 1.29 is 14.3 Å². The molecular formula is C22H23ClN4O5. The van der Waals surface area contributed by atoms with E-state index < -0.39 is 29.2 Å². The van der Waals surface area contributed by atoms with E-state index in [0.29, 0.717) is 10.6 Å². The van der Waals surface area contributed by atoms with Gasteiger partial charge in [-0.2, -0.15) is 0 Å². The molecule has 0 spiro atoms. The van der Waals surface area contributed by atoms with E-state index in [2.05, 4.69) is 10.3 Å². The number of amides is 1.